The predicted octanol–water partition coefficient (Wildman–Crippen LogP) is 2.78. The van der Waals surface area contributed by atoms with Crippen LogP contribution in [0.1, 0.15) is 0 Å². The van der Waals surface area contributed by atoms with E-state index >= 15 is 0 Å². The minimum atomic E-state index is -3.85. The number of ether oxygens (including phenoxy) is 2. The van der Waals surface area contributed by atoms with E-state index in [-0.39, 0.29) is 18.0 Å². The number of pyridine rings is 1. The molecule has 9 nitrogen and oxygen atoms in total. The molecular formula is C23H29N5O4S. The van der Waals surface area contributed by atoms with Crippen LogP contribution in [0.5, 0.6) is 11.5 Å². The number of hydrogen-bond donors (Lipinski definition) is 3. The summed E-state index contributed by atoms with van der Waals surface area (Å²) in [6.45, 7) is 1.39. The van der Waals surface area contributed by atoms with Crippen LogP contribution in [0, 0.1) is 0 Å². The fourth-order valence-corrected chi connectivity index (χ4v) is 4.68. The number of nitrogens with one attached hydrogen (secondary N) is 2. The molecule has 0 saturated heterocycles. The maximum Gasteiger partial charge on any atom is 0.264 e. The zero-order valence-corrected chi connectivity index (χ0v) is 19.5. The Labute approximate surface area is 194 Å². The standard InChI is InChI=1S/C23H29N5O4S/c1-31-19-7-5-18(6-8-19)25-15-16-27-23-22(4-3-14-26-23)28(17-13-24)33(29,30)21-11-9-20(32-2)10-12-21/h3-12,14,25H,13,15-17,24H2,1-2H3,(H,26,27). The average molecular weight is 472 g/mol. The SMILES string of the molecule is COc1ccc(NCCNc2ncccc2N(CCN)S(=O)(=O)c2ccc(OC)cc2)cc1. The second kappa shape index (κ2) is 11.4. The van der Waals surface area contributed by atoms with Crippen molar-refractivity contribution in [3.8, 4) is 11.5 Å². The van der Waals surface area contributed by atoms with E-state index in [9.17, 15) is 8.42 Å². The van der Waals surface area contributed by atoms with Crippen molar-refractivity contribution < 1.29 is 17.9 Å². The van der Waals surface area contributed by atoms with Crippen LogP contribution in [0.15, 0.2) is 71.8 Å². The largest absolute Gasteiger partial charge is 0.497 e. The number of benzene rings is 2. The molecule has 0 radical (unpaired) electrons. The highest BCUT2D eigenvalue weighted by Crippen LogP contribution is 2.29. The van der Waals surface area contributed by atoms with Crippen molar-refractivity contribution in [2.75, 3.05) is 55.3 Å². The topological polar surface area (TPSA) is 119 Å². The van der Waals surface area contributed by atoms with Gasteiger partial charge in [-0.05, 0) is 60.7 Å². The van der Waals surface area contributed by atoms with Crippen LogP contribution in [0.25, 0.3) is 0 Å². The first-order valence-corrected chi connectivity index (χ1v) is 11.9. The lowest BCUT2D eigenvalue weighted by Gasteiger charge is -2.26. The molecule has 0 aliphatic rings. The van der Waals surface area contributed by atoms with Crippen LogP contribution in [-0.4, -0.2) is 53.8 Å². The van der Waals surface area contributed by atoms with Gasteiger partial charge in [0.2, 0.25) is 0 Å². The molecule has 0 fully saturated rings. The number of nitrogens with two attached hydrogens (primary N) is 1. The predicted molar refractivity (Wildman–Crippen MR) is 131 cm³/mol. The highest BCUT2D eigenvalue weighted by atomic mass is 32.2. The minimum Gasteiger partial charge on any atom is -0.497 e. The second-order valence-electron chi connectivity index (χ2n) is 6.99. The molecule has 0 atom stereocenters. The molecule has 0 saturated carbocycles. The van der Waals surface area contributed by atoms with E-state index in [1.54, 1.807) is 37.6 Å². The van der Waals surface area contributed by atoms with Crippen molar-refractivity contribution in [1.82, 2.24) is 4.98 Å². The van der Waals surface area contributed by atoms with Gasteiger partial charge in [-0.2, -0.15) is 0 Å². The van der Waals surface area contributed by atoms with Crippen molar-refractivity contribution in [3.05, 3.63) is 66.9 Å². The maximum atomic E-state index is 13.4. The molecule has 176 valence electrons. The van der Waals surface area contributed by atoms with E-state index in [0.29, 0.717) is 30.3 Å². The van der Waals surface area contributed by atoms with Crippen LogP contribution in [0.2, 0.25) is 0 Å². The Morgan fingerprint density at radius 1 is 0.909 bits per heavy atom. The molecule has 2 aromatic carbocycles. The molecule has 4 N–H and O–H groups in total. The third-order valence-electron chi connectivity index (χ3n) is 4.87. The number of aromatic nitrogens is 1. The van der Waals surface area contributed by atoms with E-state index in [1.807, 2.05) is 24.3 Å². The van der Waals surface area contributed by atoms with Gasteiger partial charge in [-0.3, -0.25) is 4.31 Å². The van der Waals surface area contributed by atoms with Crippen LogP contribution < -0.4 is 30.1 Å². The number of methoxy groups -OCH3 is 2. The fourth-order valence-electron chi connectivity index (χ4n) is 3.19. The van der Waals surface area contributed by atoms with Crippen molar-refractivity contribution in [1.29, 1.82) is 0 Å². The van der Waals surface area contributed by atoms with E-state index < -0.39 is 10.0 Å². The molecule has 1 aromatic heterocycles. The normalized spacial score (nSPS) is 11.0. The molecule has 0 spiro atoms. The van der Waals surface area contributed by atoms with Crippen LogP contribution in [0.3, 0.4) is 0 Å². The first-order chi connectivity index (χ1) is 16.0. The quantitative estimate of drug-likeness (QED) is 0.345. The van der Waals surface area contributed by atoms with Crippen molar-refractivity contribution in [2.24, 2.45) is 5.73 Å². The summed E-state index contributed by atoms with van der Waals surface area (Å²) in [7, 11) is -0.700. The van der Waals surface area contributed by atoms with Gasteiger partial charge in [-0.25, -0.2) is 13.4 Å². The molecule has 0 aliphatic carbocycles. The average Bonchev–Trinajstić information content (AvgIpc) is 2.86. The molecule has 0 bridgehead atoms. The lowest BCUT2D eigenvalue weighted by molar-refractivity contribution is 0.414. The van der Waals surface area contributed by atoms with Gasteiger partial charge in [0.05, 0.1) is 24.8 Å². The Bertz CT molecular complexity index is 1120. The van der Waals surface area contributed by atoms with Crippen molar-refractivity contribution >= 4 is 27.2 Å². The van der Waals surface area contributed by atoms with E-state index in [1.165, 1.54) is 23.5 Å². The van der Waals surface area contributed by atoms with Crippen molar-refractivity contribution in [2.45, 2.75) is 4.90 Å². The minimum absolute atomic E-state index is 0.110. The summed E-state index contributed by atoms with van der Waals surface area (Å²) in [5.74, 6) is 1.82. The third-order valence-corrected chi connectivity index (χ3v) is 6.70. The summed E-state index contributed by atoms with van der Waals surface area (Å²) in [6, 6.07) is 17.3. The monoisotopic (exact) mass is 471 g/mol. The van der Waals surface area contributed by atoms with Gasteiger partial charge >= 0.3 is 0 Å². The summed E-state index contributed by atoms with van der Waals surface area (Å²) in [4.78, 5) is 4.51. The van der Waals surface area contributed by atoms with Gasteiger partial charge in [0, 0.05) is 38.1 Å². The lowest BCUT2D eigenvalue weighted by atomic mass is 10.3. The Kier molecular flexibility index (Phi) is 8.34. The lowest BCUT2D eigenvalue weighted by Crippen LogP contribution is -2.36. The van der Waals surface area contributed by atoms with Gasteiger partial charge in [0.1, 0.15) is 11.5 Å². The van der Waals surface area contributed by atoms with Crippen LogP contribution >= 0.6 is 0 Å². The molecule has 0 unspecified atom stereocenters. The number of hydrogen-bond acceptors (Lipinski definition) is 8. The summed E-state index contributed by atoms with van der Waals surface area (Å²) in [6.07, 6.45) is 1.61. The number of nitrogens with zero attached hydrogens (tertiary/aromatic N) is 2. The van der Waals surface area contributed by atoms with E-state index in [0.717, 1.165) is 11.4 Å². The molecule has 1 heterocycles. The van der Waals surface area contributed by atoms with Crippen LogP contribution in [-0.2, 0) is 10.0 Å². The van der Waals surface area contributed by atoms with Gasteiger partial charge in [0.15, 0.2) is 5.82 Å². The molecule has 3 aromatic rings. The first kappa shape index (κ1) is 24.1. The molecule has 33 heavy (non-hydrogen) atoms. The van der Waals surface area contributed by atoms with E-state index in [4.69, 9.17) is 15.2 Å². The highest BCUT2D eigenvalue weighted by molar-refractivity contribution is 7.92. The van der Waals surface area contributed by atoms with Gasteiger partial charge in [-0.15, -0.1) is 0 Å². The summed E-state index contributed by atoms with van der Waals surface area (Å²) in [5.41, 5.74) is 7.14. The smallest absolute Gasteiger partial charge is 0.264 e. The Balaban J connectivity index is 1.74. The summed E-state index contributed by atoms with van der Waals surface area (Å²) in [5, 5.41) is 6.52. The Morgan fingerprint density at radius 2 is 1.52 bits per heavy atom. The summed E-state index contributed by atoms with van der Waals surface area (Å²) < 4.78 is 38.4. The number of rotatable bonds is 12. The molecule has 0 amide bonds. The van der Waals surface area contributed by atoms with E-state index in [2.05, 4.69) is 15.6 Å². The zero-order chi connectivity index (χ0) is 23.7. The van der Waals surface area contributed by atoms with Gasteiger partial charge in [0.25, 0.3) is 10.0 Å². The van der Waals surface area contributed by atoms with Crippen molar-refractivity contribution in [3.63, 3.8) is 0 Å². The number of sulfonamides is 1. The van der Waals surface area contributed by atoms with Gasteiger partial charge < -0.3 is 25.8 Å². The van der Waals surface area contributed by atoms with Gasteiger partial charge in [-0.1, -0.05) is 0 Å². The first-order valence-electron chi connectivity index (χ1n) is 10.4. The second-order valence-corrected chi connectivity index (χ2v) is 8.86. The molecular weight excluding hydrogens is 442 g/mol. The highest BCUT2D eigenvalue weighted by Gasteiger charge is 2.26. The summed E-state index contributed by atoms with van der Waals surface area (Å²) >= 11 is 0. The maximum absolute atomic E-state index is 13.4. The molecule has 10 heteroatoms. The zero-order valence-electron chi connectivity index (χ0n) is 18.7. The molecule has 0 aliphatic heterocycles. The number of anilines is 3. The van der Waals surface area contributed by atoms with Crippen LogP contribution in [0.4, 0.5) is 17.2 Å². The Morgan fingerprint density at radius 3 is 2.12 bits per heavy atom. The third kappa shape index (κ3) is 6.05. The Hall–Kier alpha value is -3.50. The molecule has 3 rings (SSSR count). The fraction of sp³-hybridized carbons (Fsp3) is 0.261.